The van der Waals surface area contributed by atoms with Crippen LogP contribution in [0.5, 0.6) is 0 Å². The maximum Gasteiger partial charge on any atom is 0.0453 e. The summed E-state index contributed by atoms with van der Waals surface area (Å²) >= 11 is 0. The van der Waals surface area contributed by atoms with Crippen molar-refractivity contribution in [1.29, 1.82) is 0 Å². The van der Waals surface area contributed by atoms with Gasteiger partial charge in [0.05, 0.1) is 0 Å². The van der Waals surface area contributed by atoms with Gasteiger partial charge in [-0.05, 0) is 17.5 Å². The molecule has 0 amide bonds. The van der Waals surface area contributed by atoms with E-state index in [0.717, 1.165) is 0 Å². The molecule has 0 spiro atoms. The molecule has 47 valence electrons. The number of fused-ring (bicyclic) bond motifs is 1. The zero-order chi connectivity index (χ0) is 6.10. The normalized spacial score (nSPS) is 9.20. The summed E-state index contributed by atoms with van der Waals surface area (Å²) in [6.45, 7) is 0. The van der Waals surface area contributed by atoms with E-state index in [1.807, 2.05) is 18.3 Å². The van der Waals surface area contributed by atoms with Gasteiger partial charge in [0.15, 0.2) is 0 Å². The van der Waals surface area contributed by atoms with Gasteiger partial charge in [0.1, 0.15) is 0 Å². The summed E-state index contributed by atoms with van der Waals surface area (Å²) in [7, 11) is 0. The molecule has 0 aliphatic rings. The largest absolute Gasteiger partial charge is 0.361 e. The average Bonchev–Trinajstić information content (AvgIpc) is 2.33. The van der Waals surface area contributed by atoms with Gasteiger partial charge in [-0.15, -0.1) is 0 Å². The van der Waals surface area contributed by atoms with Crippen LogP contribution in [0, 0.1) is 0 Å². The van der Waals surface area contributed by atoms with Crippen LogP contribution in [0.15, 0.2) is 36.5 Å². The minimum atomic E-state index is 0. The van der Waals surface area contributed by atoms with Gasteiger partial charge in [0.2, 0.25) is 0 Å². The summed E-state index contributed by atoms with van der Waals surface area (Å²) in [6.07, 6.45) is 1.95. The summed E-state index contributed by atoms with van der Waals surface area (Å²) in [5.74, 6) is 0. The Morgan fingerprint density at radius 1 is 1.00 bits per heavy atom. The molecule has 0 bridgehead atoms. The second kappa shape index (κ2) is 3.15. The van der Waals surface area contributed by atoms with Crippen molar-refractivity contribution < 1.29 is 25.8 Å². The molecule has 1 radical (unpaired) electrons. The van der Waals surface area contributed by atoms with Crippen LogP contribution in [0.4, 0.5) is 0 Å². The molecule has 2 aromatic rings. The first-order valence-corrected chi connectivity index (χ1v) is 2.99. The fourth-order valence-corrected chi connectivity index (χ4v) is 0.995. The topological polar surface area (TPSA) is 15.8 Å². The Hall–Kier alpha value is -0.370. The molecular formula is C8H7NSc. The van der Waals surface area contributed by atoms with Crippen LogP contribution < -0.4 is 0 Å². The number of aromatic amines is 1. The first-order valence-electron chi connectivity index (χ1n) is 2.99. The number of hydrogen-bond donors (Lipinski definition) is 1. The summed E-state index contributed by atoms with van der Waals surface area (Å²) in [4.78, 5) is 3.12. The zero-order valence-corrected chi connectivity index (χ0v) is 7.34. The Morgan fingerprint density at radius 3 is 2.60 bits per heavy atom. The van der Waals surface area contributed by atoms with E-state index in [4.69, 9.17) is 0 Å². The van der Waals surface area contributed by atoms with E-state index in [9.17, 15) is 0 Å². The van der Waals surface area contributed by atoms with E-state index < -0.39 is 0 Å². The molecule has 1 N–H and O–H groups in total. The molecule has 0 fully saturated rings. The number of rotatable bonds is 0. The third-order valence-corrected chi connectivity index (χ3v) is 1.46. The maximum atomic E-state index is 3.12. The smallest absolute Gasteiger partial charge is 0.0453 e. The van der Waals surface area contributed by atoms with Crippen LogP contribution in [0.1, 0.15) is 0 Å². The van der Waals surface area contributed by atoms with Crippen molar-refractivity contribution in [3.63, 3.8) is 0 Å². The molecule has 0 saturated carbocycles. The van der Waals surface area contributed by atoms with Gasteiger partial charge in [-0.3, -0.25) is 0 Å². The molecule has 0 aliphatic heterocycles. The van der Waals surface area contributed by atoms with E-state index in [1.54, 1.807) is 0 Å². The fraction of sp³-hybridized carbons (Fsp3) is 0. The standard InChI is InChI=1S/C8H7N.Sc/c1-2-4-8-7(3-1)5-6-9-8;/h1-6,9H;. The van der Waals surface area contributed by atoms with E-state index in [0.29, 0.717) is 0 Å². The third kappa shape index (κ3) is 1.21. The monoisotopic (exact) mass is 162 g/mol. The van der Waals surface area contributed by atoms with Crippen LogP contribution in [0.25, 0.3) is 10.9 Å². The third-order valence-electron chi connectivity index (χ3n) is 1.46. The van der Waals surface area contributed by atoms with E-state index in [2.05, 4.69) is 23.2 Å². The van der Waals surface area contributed by atoms with Crippen LogP contribution in [0.2, 0.25) is 0 Å². The quantitative estimate of drug-likeness (QED) is 0.611. The van der Waals surface area contributed by atoms with Crippen molar-refractivity contribution >= 4 is 10.9 Å². The van der Waals surface area contributed by atoms with Gasteiger partial charge < -0.3 is 4.98 Å². The molecule has 10 heavy (non-hydrogen) atoms. The molecule has 1 heterocycles. The summed E-state index contributed by atoms with van der Waals surface area (Å²) in [6, 6.07) is 10.3. The Morgan fingerprint density at radius 2 is 1.80 bits per heavy atom. The Balaban J connectivity index is 0.000000500. The first-order chi connectivity index (χ1) is 4.47. The predicted octanol–water partition coefficient (Wildman–Crippen LogP) is 2.17. The molecule has 2 heteroatoms. The Labute approximate surface area is 78.2 Å². The molecule has 0 saturated heterocycles. The molecule has 1 aromatic heterocycles. The summed E-state index contributed by atoms with van der Waals surface area (Å²) in [5.41, 5.74) is 1.21. The Kier molecular flexibility index (Phi) is 2.44. The van der Waals surface area contributed by atoms with Crippen molar-refractivity contribution in [1.82, 2.24) is 4.98 Å². The maximum absolute atomic E-state index is 3.12. The van der Waals surface area contributed by atoms with E-state index >= 15 is 0 Å². The van der Waals surface area contributed by atoms with Gasteiger partial charge in [0.25, 0.3) is 0 Å². The second-order valence-electron chi connectivity index (χ2n) is 2.06. The van der Waals surface area contributed by atoms with Crippen molar-refractivity contribution in [3.05, 3.63) is 36.5 Å². The van der Waals surface area contributed by atoms with Crippen LogP contribution in [-0.2, 0) is 25.8 Å². The van der Waals surface area contributed by atoms with Crippen molar-refractivity contribution in [2.75, 3.05) is 0 Å². The summed E-state index contributed by atoms with van der Waals surface area (Å²) < 4.78 is 0. The molecule has 1 nitrogen and oxygen atoms in total. The number of H-pyrrole nitrogens is 1. The number of aromatic nitrogens is 1. The van der Waals surface area contributed by atoms with Gasteiger partial charge in [-0.1, -0.05) is 18.2 Å². The zero-order valence-electron chi connectivity index (χ0n) is 5.54. The van der Waals surface area contributed by atoms with Gasteiger partial charge in [0, 0.05) is 37.6 Å². The van der Waals surface area contributed by atoms with Crippen LogP contribution in [0.3, 0.4) is 0 Å². The second-order valence-corrected chi connectivity index (χ2v) is 2.06. The SMILES string of the molecule is [Sc].c1ccc2[nH]ccc2c1. The molecule has 0 unspecified atom stereocenters. The number of benzene rings is 1. The molecule has 1 aromatic carbocycles. The number of para-hydroxylation sites is 1. The average molecular weight is 162 g/mol. The fourth-order valence-electron chi connectivity index (χ4n) is 0.995. The van der Waals surface area contributed by atoms with Gasteiger partial charge in [-0.25, -0.2) is 0 Å². The molecule has 0 atom stereocenters. The number of hydrogen-bond acceptors (Lipinski definition) is 0. The number of nitrogens with one attached hydrogen (secondary N) is 1. The van der Waals surface area contributed by atoms with Crippen molar-refractivity contribution in [2.24, 2.45) is 0 Å². The molecule has 2 rings (SSSR count). The molecular weight excluding hydrogens is 155 g/mol. The van der Waals surface area contributed by atoms with E-state index in [-0.39, 0.29) is 25.8 Å². The summed E-state index contributed by atoms with van der Waals surface area (Å²) in [5, 5.41) is 1.28. The van der Waals surface area contributed by atoms with Crippen molar-refractivity contribution in [2.45, 2.75) is 0 Å². The first kappa shape index (κ1) is 7.73. The molecule has 0 aliphatic carbocycles. The van der Waals surface area contributed by atoms with Crippen molar-refractivity contribution in [3.8, 4) is 0 Å². The van der Waals surface area contributed by atoms with E-state index in [1.165, 1.54) is 10.9 Å². The Bertz CT molecular complexity index is 283. The van der Waals surface area contributed by atoms with Gasteiger partial charge >= 0.3 is 0 Å². The van der Waals surface area contributed by atoms with Gasteiger partial charge in [-0.2, -0.15) is 0 Å². The predicted molar refractivity (Wildman–Crippen MR) is 38.3 cm³/mol. The minimum absolute atomic E-state index is 0. The van der Waals surface area contributed by atoms with Crippen LogP contribution >= 0.6 is 0 Å². The minimum Gasteiger partial charge on any atom is -0.361 e. The van der Waals surface area contributed by atoms with Crippen LogP contribution in [-0.4, -0.2) is 4.98 Å².